The summed E-state index contributed by atoms with van der Waals surface area (Å²) in [4.78, 5) is 21.4. The number of benzene rings is 1. The number of carbonyl (C=O) groups excluding carboxylic acids is 1. The lowest BCUT2D eigenvalue weighted by atomic mass is 10.2. The van der Waals surface area contributed by atoms with Crippen molar-refractivity contribution in [2.45, 2.75) is 24.6 Å². The number of rotatable bonds is 7. The SMILES string of the molecule is COc1ccc(CS(=O)c2ncccc2C(=O)Nc2cc(C)ncc2C)c(OC)c1. The van der Waals surface area contributed by atoms with Crippen molar-refractivity contribution in [3.63, 3.8) is 0 Å². The Hall–Kier alpha value is -3.26. The molecular weight excluding hydrogens is 402 g/mol. The average Bonchev–Trinajstić information content (AvgIpc) is 2.76. The largest absolute Gasteiger partial charge is 0.497 e. The number of hydrogen-bond acceptors (Lipinski definition) is 6. The maximum absolute atomic E-state index is 13.1. The lowest BCUT2D eigenvalue weighted by molar-refractivity contribution is 0.102. The van der Waals surface area contributed by atoms with E-state index in [4.69, 9.17) is 9.47 Å². The Bertz CT molecular complexity index is 1100. The van der Waals surface area contributed by atoms with Gasteiger partial charge in [-0.25, -0.2) is 4.98 Å². The smallest absolute Gasteiger partial charge is 0.258 e. The van der Waals surface area contributed by atoms with Crippen LogP contribution in [0.1, 0.15) is 27.2 Å². The average molecular weight is 426 g/mol. The number of anilines is 1. The zero-order valence-corrected chi connectivity index (χ0v) is 18.1. The van der Waals surface area contributed by atoms with Gasteiger partial charge >= 0.3 is 0 Å². The van der Waals surface area contributed by atoms with Crippen molar-refractivity contribution >= 4 is 22.4 Å². The molecular formula is C22H23N3O4S. The minimum atomic E-state index is -1.56. The summed E-state index contributed by atoms with van der Waals surface area (Å²) in [7, 11) is 1.55. The van der Waals surface area contributed by atoms with Crippen LogP contribution >= 0.6 is 0 Å². The van der Waals surface area contributed by atoms with Gasteiger partial charge in [0.2, 0.25) is 0 Å². The van der Waals surface area contributed by atoms with E-state index in [1.807, 2.05) is 13.8 Å². The normalized spacial score (nSPS) is 11.6. The lowest BCUT2D eigenvalue weighted by Crippen LogP contribution is -2.17. The molecule has 0 aliphatic carbocycles. The number of hydrogen-bond donors (Lipinski definition) is 1. The van der Waals surface area contributed by atoms with Gasteiger partial charge in [-0.3, -0.25) is 14.0 Å². The minimum absolute atomic E-state index is 0.151. The Morgan fingerprint density at radius 2 is 1.90 bits per heavy atom. The van der Waals surface area contributed by atoms with Crippen molar-refractivity contribution < 1.29 is 18.5 Å². The number of amides is 1. The van der Waals surface area contributed by atoms with E-state index in [1.165, 1.54) is 6.20 Å². The van der Waals surface area contributed by atoms with Gasteiger partial charge in [-0.05, 0) is 43.7 Å². The van der Waals surface area contributed by atoms with Gasteiger partial charge in [0.15, 0.2) is 0 Å². The molecule has 1 amide bonds. The van der Waals surface area contributed by atoms with E-state index in [0.29, 0.717) is 17.2 Å². The highest BCUT2D eigenvalue weighted by atomic mass is 32.2. The molecule has 1 atom stereocenters. The number of methoxy groups -OCH3 is 2. The lowest BCUT2D eigenvalue weighted by Gasteiger charge is -2.13. The molecule has 2 heterocycles. The van der Waals surface area contributed by atoms with Crippen LogP contribution in [0.25, 0.3) is 0 Å². The fraction of sp³-hybridized carbons (Fsp3) is 0.227. The van der Waals surface area contributed by atoms with E-state index >= 15 is 0 Å². The first kappa shape index (κ1) is 21.4. The van der Waals surface area contributed by atoms with Crippen LogP contribution in [0.5, 0.6) is 11.5 Å². The molecule has 0 saturated carbocycles. The summed E-state index contributed by atoms with van der Waals surface area (Å²) < 4.78 is 23.7. The van der Waals surface area contributed by atoms with Gasteiger partial charge in [-0.15, -0.1) is 0 Å². The highest BCUT2D eigenvalue weighted by molar-refractivity contribution is 7.84. The fourth-order valence-corrected chi connectivity index (χ4v) is 4.12. The maximum atomic E-state index is 13.1. The molecule has 3 aromatic rings. The molecule has 0 bridgehead atoms. The van der Waals surface area contributed by atoms with Crippen molar-refractivity contribution in [2.24, 2.45) is 0 Å². The molecule has 3 rings (SSSR count). The zero-order valence-electron chi connectivity index (χ0n) is 17.3. The van der Waals surface area contributed by atoms with Crippen molar-refractivity contribution in [3.8, 4) is 11.5 Å². The molecule has 7 nitrogen and oxygen atoms in total. The van der Waals surface area contributed by atoms with Crippen molar-refractivity contribution in [1.82, 2.24) is 9.97 Å². The highest BCUT2D eigenvalue weighted by Gasteiger charge is 2.20. The van der Waals surface area contributed by atoms with Crippen LogP contribution < -0.4 is 14.8 Å². The Labute approximate surface area is 177 Å². The summed E-state index contributed by atoms with van der Waals surface area (Å²) in [5.74, 6) is 0.981. The highest BCUT2D eigenvalue weighted by Crippen LogP contribution is 2.27. The van der Waals surface area contributed by atoms with E-state index in [1.54, 1.807) is 56.8 Å². The Balaban J connectivity index is 1.87. The van der Waals surface area contributed by atoms with Crippen LogP contribution in [0.3, 0.4) is 0 Å². The first-order chi connectivity index (χ1) is 14.4. The predicted octanol–water partition coefficient (Wildman–Crippen LogP) is 3.67. The number of aryl methyl sites for hydroxylation is 2. The van der Waals surface area contributed by atoms with Crippen molar-refractivity contribution in [2.75, 3.05) is 19.5 Å². The standard InChI is InChI=1S/C22H23N3O4S/c1-14-12-24-15(2)10-19(14)25-21(26)18-6-5-9-23-22(18)30(27)13-16-7-8-17(28-3)11-20(16)29-4/h5-12H,13H2,1-4H3,(H,24,25,26). The van der Waals surface area contributed by atoms with Crippen LogP contribution in [-0.4, -0.2) is 34.3 Å². The first-order valence-electron chi connectivity index (χ1n) is 9.21. The number of aromatic nitrogens is 2. The maximum Gasteiger partial charge on any atom is 0.258 e. The molecule has 156 valence electrons. The van der Waals surface area contributed by atoms with Gasteiger partial charge in [-0.1, -0.05) is 6.07 Å². The van der Waals surface area contributed by atoms with E-state index < -0.39 is 10.8 Å². The van der Waals surface area contributed by atoms with E-state index in [-0.39, 0.29) is 22.2 Å². The third kappa shape index (κ3) is 4.83. The zero-order chi connectivity index (χ0) is 21.7. The molecule has 0 aliphatic heterocycles. The topological polar surface area (TPSA) is 90.4 Å². The first-order valence-corrected chi connectivity index (χ1v) is 10.5. The summed E-state index contributed by atoms with van der Waals surface area (Å²) in [6.07, 6.45) is 3.22. The van der Waals surface area contributed by atoms with Gasteiger partial charge in [0.25, 0.3) is 5.91 Å². The van der Waals surface area contributed by atoms with Gasteiger partial charge in [0.1, 0.15) is 16.5 Å². The second-order valence-electron chi connectivity index (χ2n) is 6.62. The molecule has 8 heteroatoms. The van der Waals surface area contributed by atoms with E-state index in [0.717, 1.165) is 16.8 Å². The number of nitrogens with one attached hydrogen (secondary N) is 1. The molecule has 2 aromatic heterocycles. The van der Waals surface area contributed by atoms with Crippen LogP contribution in [0.2, 0.25) is 0 Å². The van der Waals surface area contributed by atoms with Crippen LogP contribution in [0.15, 0.2) is 53.8 Å². The second kappa shape index (κ2) is 9.49. The fourth-order valence-electron chi connectivity index (χ4n) is 2.88. The summed E-state index contributed by atoms with van der Waals surface area (Å²) >= 11 is 0. The summed E-state index contributed by atoms with van der Waals surface area (Å²) in [6, 6.07) is 10.4. The molecule has 0 radical (unpaired) electrons. The number of carbonyl (C=O) groups is 1. The molecule has 0 aliphatic rings. The number of pyridine rings is 2. The monoisotopic (exact) mass is 425 g/mol. The predicted molar refractivity (Wildman–Crippen MR) is 116 cm³/mol. The Morgan fingerprint density at radius 1 is 1.10 bits per heavy atom. The second-order valence-corrected chi connectivity index (χ2v) is 7.98. The summed E-state index contributed by atoms with van der Waals surface area (Å²) in [5, 5.41) is 3.09. The number of nitrogens with zero attached hydrogens (tertiary/aromatic N) is 2. The third-order valence-electron chi connectivity index (χ3n) is 4.50. The molecule has 0 saturated heterocycles. The number of ether oxygens (including phenoxy) is 2. The van der Waals surface area contributed by atoms with Crippen LogP contribution in [0, 0.1) is 13.8 Å². The van der Waals surface area contributed by atoms with Crippen molar-refractivity contribution in [1.29, 1.82) is 0 Å². The van der Waals surface area contributed by atoms with E-state index in [2.05, 4.69) is 15.3 Å². The molecule has 1 aromatic carbocycles. The van der Waals surface area contributed by atoms with E-state index in [9.17, 15) is 9.00 Å². The molecule has 30 heavy (non-hydrogen) atoms. The molecule has 0 spiro atoms. The minimum Gasteiger partial charge on any atom is -0.497 e. The van der Waals surface area contributed by atoms with Gasteiger partial charge < -0.3 is 14.8 Å². The van der Waals surface area contributed by atoms with Gasteiger partial charge in [0.05, 0.1) is 36.3 Å². The molecule has 0 fully saturated rings. The van der Waals surface area contributed by atoms with Crippen LogP contribution in [0.4, 0.5) is 5.69 Å². The molecule has 1 N–H and O–H groups in total. The molecule has 1 unspecified atom stereocenters. The van der Waals surface area contributed by atoms with Gasteiger partial charge in [-0.2, -0.15) is 0 Å². The summed E-state index contributed by atoms with van der Waals surface area (Å²) in [5.41, 5.74) is 3.28. The quantitative estimate of drug-likeness (QED) is 0.621. The Kier molecular flexibility index (Phi) is 6.79. The summed E-state index contributed by atoms with van der Waals surface area (Å²) in [6.45, 7) is 3.71. The van der Waals surface area contributed by atoms with Crippen molar-refractivity contribution in [3.05, 3.63) is 71.2 Å². The third-order valence-corrected chi connectivity index (χ3v) is 5.83. The van der Waals surface area contributed by atoms with Gasteiger partial charge in [0, 0.05) is 35.4 Å². The van der Waals surface area contributed by atoms with Crippen LogP contribution in [-0.2, 0) is 16.6 Å². The Morgan fingerprint density at radius 3 is 2.63 bits per heavy atom.